The molecule has 5 rings (SSSR count). The number of ether oxygens (including phenoxy) is 1. The topological polar surface area (TPSA) is 51.5 Å². The van der Waals surface area contributed by atoms with Gasteiger partial charge in [0.05, 0.1) is 21.5 Å². The van der Waals surface area contributed by atoms with Gasteiger partial charge < -0.3 is 4.74 Å². The third-order valence-corrected chi connectivity index (χ3v) is 6.73. The molecule has 5 aromatic rings. The lowest BCUT2D eigenvalue weighted by atomic mass is 10.1. The predicted molar refractivity (Wildman–Crippen MR) is 143 cm³/mol. The Morgan fingerprint density at radius 2 is 1.76 bits per heavy atom. The van der Waals surface area contributed by atoms with Crippen LogP contribution < -0.4 is 4.74 Å². The summed E-state index contributed by atoms with van der Waals surface area (Å²) in [4.78, 5) is 21.7. The van der Waals surface area contributed by atoms with Crippen molar-refractivity contribution >= 4 is 55.4 Å². The summed E-state index contributed by atoms with van der Waals surface area (Å²) in [6.45, 7) is 2.09. The number of esters is 1. The smallest absolute Gasteiger partial charge is 0.343 e. The second-order valence-electron chi connectivity index (χ2n) is 7.76. The summed E-state index contributed by atoms with van der Waals surface area (Å²) in [7, 11) is 0. The normalized spacial score (nSPS) is 11.2. The first-order valence-electron chi connectivity index (χ1n) is 10.6. The molecular formula is C28H19BrN2O2S. The highest BCUT2D eigenvalue weighted by molar-refractivity contribution is 9.10. The van der Waals surface area contributed by atoms with Gasteiger partial charge in [-0.2, -0.15) is 0 Å². The van der Waals surface area contributed by atoms with E-state index in [-0.39, 0.29) is 0 Å². The van der Waals surface area contributed by atoms with Crippen LogP contribution >= 0.6 is 27.3 Å². The lowest BCUT2D eigenvalue weighted by Gasteiger charge is -2.05. The summed E-state index contributed by atoms with van der Waals surface area (Å²) >= 11 is 5.07. The van der Waals surface area contributed by atoms with Crippen molar-refractivity contribution in [2.45, 2.75) is 6.92 Å². The number of benzene rings is 4. The number of hydrogen-bond donors (Lipinski definition) is 0. The number of carbonyl (C=O) groups is 1. The Labute approximate surface area is 209 Å². The molecule has 4 aromatic carbocycles. The molecule has 1 aromatic heterocycles. The molecule has 166 valence electrons. The minimum absolute atomic E-state index is 0.401. The fourth-order valence-electron chi connectivity index (χ4n) is 3.40. The summed E-state index contributed by atoms with van der Waals surface area (Å²) in [5.41, 5.74) is 5.56. The van der Waals surface area contributed by atoms with Gasteiger partial charge in [0, 0.05) is 16.3 Å². The fraction of sp³-hybridized carbons (Fsp3) is 0.0357. The van der Waals surface area contributed by atoms with Gasteiger partial charge >= 0.3 is 5.97 Å². The molecule has 1 heterocycles. The molecule has 0 aliphatic carbocycles. The van der Waals surface area contributed by atoms with Crippen LogP contribution in [-0.2, 0) is 0 Å². The van der Waals surface area contributed by atoms with E-state index in [0.29, 0.717) is 11.3 Å². The number of rotatable bonds is 5. The highest BCUT2D eigenvalue weighted by Crippen LogP contribution is 2.31. The zero-order chi connectivity index (χ0) is 23.5. The molecule has 0 bridgehead atoms. The van der Waals surface area contributed by atoms with Crippen LogP contribution in [0.1, 0.15) is 21.5 Å². The van der Waals surface area contributed by atoms with Gasteiger partial charge in [0.25, 0.3) is 0 Å². The van der Waals surface area contributed by atoms with E-state index >= 15 is 0 Å². The van der Waals surface area contributed by atoms with Gasteiger partial charge in [0.2, 0.25) is 0 Å². The monoisotopic (exact) mass is 526 g/mol. The third-order valence-electron chi connectivity index (χ3n) is 5.17. The van der Waals surface area contributed by atoms with E-state index in [1.54, 1.807) is 41.8 Å². The summed E-state index contributed by atoms with van der Waals surface area (Å²) in [5.74, 6) is 0.0941. The van der Waals surface area contributed by atoms with Crippen LogP contribution in [0.25, 0.3) is 20.8 Å². The van der Waals surface area contributed by atoms with Crippen LogP contribution in [0, 0.1) is 6.92 Å². The fourth-order valence-corrected chi connectivity index (χ4v) is 4.84. The average molecular weight is 527 g/mol. The molecule has 0 radical (unpaired) electrons. The van der Waals surface area contributed by atoms with Gasteiger partial charge in [-0.05, 0) is 84.8 Å². The Kier molecular flexibility index (Phi) is 6.34. The first kappa shape index (κ1) is 22.2. The van der Waals surface area contributed by atoms with Crippen LogP contribution in [0.15, 0.2) is 100 Å². The summed E-state index contributed by atoms with van der Waals surface area (Å²) in [6, 6.07) is 28.7. The zero-order valence-electron chi connectivity index (χ0n) is 18.2. The second-order valence-corrected chi connectivity index (χ2v) is 9.71. The summed E-state index contributed by atoms with van der Waals surface area (Å²) < 4.78 is 7.47. The minimum atomic E-state index is -0.401. The molecule has 0 spiro atoms. The lowest BCUT2D eigenvalue weighted by Crippen LogP contribution is -2.08. The first-order chi connectivity index (χ1) is 16.5. The molecule has 6 heteroatoms. The van der Waals surface area contributed by atoms with Crippen molar-refractivity contribution in [2.75, 3.05) is 0 Å². The Hall–Kier alpha value is -3.61. The van der Waals surface area contributed by atoms with Gasteiger partial charge in [-0.3, -0.25) is 4.99 Å². The average Bonchev–Trinajstić information content (AvgIpc) is 3.26. The number of hydrogen-bond acceptors (Lipinski definition) is 5. The van der Waals surface area contributed by atoms with Crippen molar-refractivity contribution < 1.29 is 9.53 Å². The first-order valence-corrected chi connectivity index (χ1v) is 12.2. The molecule has 0 fully saturated rings. The molecule has 0 unspecified atom stereocenters. The van der Waals surface area contributed by atoms with Crippen molar-refractivity contribution in [3.63, 3.8) is 0 Å². The SMILES string of the molecule is Cc1ccc2nc(-c3ccc(N=Cc4ccc(C(=O)Oc5cccc(Br)c5)cc4)cc3)sc2c1. The van der Waals surface area contributed by atoms with E-state index in [4.69, 9.17) is 9.72 Å². The molecule has 4 nitrogen and oxygen atoms in total. The Balaban J connectivity index is 1.25. The van der Waals surface area contributed by atoms with E-state index in [1.165, 1.54) is 10.3 Å². The largest absolute Gasteiger partial charge is 0.423 e. The van der Waals surface area contributed by atoms with Crippen LogP contribution in [-0.4, -0.2) is 17.2 Å². The number of aryl methyl sites for hydroxylation is 1. The lowest BCUT2D eigenvalue weighted by molar-refractivity contribution is 0.0734. The van der Waals surface area contributed by atoms with Gasteiger partial charge in [-0.25, -0.2) is 9.78 Å². The van der Waals surface area contributed by atoms with Crippen LogP contribution in [0.5, 0.6) is 5.75 Å². The standard InChI is InChI=1S/C28H19BrN2O2S/c1-18-5-14-25-26(15-18)34-27(31-25)20-10-12-23(13-11-20)30-17-19-6-8-21(9-7-19)28(32)33-24-4-2-3-22(29)16-24/h2-17H,1H3. The van der Waals surface area contributed by atoms with E-state index in [0.717, 1.165) is 31.8 Å². The molecule has 34 heavy (non-hydrogen) atoms. The van der Waals surface area contributed by atoms with Crippen molar-refractivity contribution in [1.29, 1.82) is 0 Å². The molecule has 0 N–H and O–H groups in total. The van der Waals surface area contributed by atoms with Crippen LogP contribution in [0.2, 0.25) is 0 Å². The van der Waals surface area contributed by atoms with Crippen molar-refractivity contribution in [1.82, 2.24) is 4.98 Å². The highest BCUT2D eigenvalue weighted by atomic mass is 79.9. The van der Waals surface area contributed by atoms with Gasteiger partial charge in [0.1, 0.15) is 10.8 Å². The van der Waals surface area contributed by atoms with Crippen molar-refractivity contribution in [3.8, 4) is 16.3 Å². The maximum atomic E-state index is 12.4. The molecule has 0 saturated carbocycles. The maximum Gasteiger partial charge on any atom is 0.343 e. The number of fused-ring (bicyclic) bond motifs is 1. The Morgan fingerprint density at radius 3 is 2.53 bits per heavy atom. The van der Waals surface area contributed by atoms with Crippen LogP contribution in [0.3, 0.4) is 0 Å². The number of nitrogens with zero attached hydrogens (tertiary/aromatic N) is 2. The summed E-state index contributed by atoms with van der Waals surface area (Å²) in [5, 5.41) is 1.00. The number of halogens is 1. The zero-order valence-corrected chi connectivity index (χ0v) is 20.6. The summed E-state index contributed by atoms with van der Waals surface area (Å²) in [6.07, 6.45) is 1.78. The van der Waals surface area contributed by atoms with Crippen LogP contribution in [0.4, 0.5) is 5.69 Å². The molecule has 0 saturated heterocycles. The maximum absolute atomic E-state index is 12.4. The van der Waals surface area contributed by atoms with Gasteiger partial charge in [0.15, 0.2) is 0 Å². The van der Waals surface area contributed by atoms with Gasteiger partial charge in [-0.1, -0.05) is 40.2 Å². The van der Waals surface area contributed by atoms with E-state index < -0.39 is 5.97 Å². The van der Waals surface area contributed by atoms with E-state index in [9.17, 15) is 4.79 Å². The number of thiazole rings is 1. The molecule has 0 atom stereocenters. The quantitative estimate of drug-likeness (QED) is 0.132. The Morgan fingerprint density at radius 1 is 0.971 bits per heavy atom. The number of carbonyl (C=O) groups excluding carboxylic acids is 1. The van der Waals surface area contributed by atoms with Crippen molar-refractivity contribution in [2.24, 2.45) is 4.99 Å². The van der Waals surface area contributed by atoms with E-state index in [2.05, 4.69) is 46.0 Å². The number of aliphatic imine (C=N–C) groups is 1. The highest BCUT2D eigenvalue weighted by Gasteiger charge is 2.09. The molecule has 0 aliphatic rings. The molecular weight excluding hydrogens is 508 g/mol. The number of aromatic nitrogens is 1. The Bertz CT molecular complexity index is 1510. The van der Waals surface area contributed by atoms with Crippen molar-refractivity contribution in [3.05, 3.63) is 112 Å². The second kappa shape index (κ2) is 9.71. The molecule has 0 aliphatic heterocycles. The van der Waals surface area contributed by atoms with Gasteiger partial charge in [-0.15, -0.1) is 11.3 Å². The molecule has 0 amide bonds. The minimum Gasteiger partial charge on any atom is -0.423 e. The predicted octanol–water partition coefficient (Wildman–Crippen LogP) is 8.00. The van der Waals surface area contributed by atoms with E-state index in [1.807, 2.05) is 48.5 Å². The third kappa shape index (κ3) is 5.14.